The molecule has 0 spiro atoms. The van der Waals surface area contributed by atoms with E-state index in [9.17, 15) is 0 Å². The van der Waals surface area contributed by atoms with Crippen LogP contribution in [0.1, 0.15) is 80.6 Å². The van der Waals surface area contributed by atoms with Gasteiger partial charge in [-0.15, -0.1) is 0 Å². The fourth-order valence-electron chi connectivity index (χ4n) is 2.07. The molecule has 0 aromatic heterocycles. The second kappa shape index (κ2) is 10.9. The molecule has 0 aliphatic carbocycles. The minimum absolute atomic E-state index is 0.424. The average Bonchev–Trinajstić information content (AvgIpc) is 2.33. The second-order valence-electron chi connectivity index (χ2n) is 6.73. The summed E-state index contributed by atoms with van der Waals surface area (Å²) in [5, 5.41) is 0. The summed E-state index contributed by atoms with van der Waals surface area (Å²) in [6, 6.07) is 0.424. The molecule has 0 saturated heterocycles. The smallest absolute Gasteiger partial charge is 0.0442 e. The summed E-state index contributed by atoms with van der Waals surface area (Å²) in [7, 11) is 0. The quantitative estimate of drug-likeness (QED) is 0.344. The maximum Gasteiger partial charge on any atom is 0.0442 e. The van der Waals surface area contributed by atoms with Crippen molar-refractivity contribution in [3.05, 3.63) is 23.3 Å². The monoisotopic (exact) mass is 277 g/mol. The van der Waals surface area contributed by atoms with Crippen LogP contribution in [-0.2, 0) is 0 Å². The Bertz CT molecular complexity index is 343. The van der Waals surface area contributed by atoms with Crippen molar-refractivity contribution in [3.63, 3.8) is 0 Å². The highest BCUT2D eigenvalue weighted by atomic mass is 14.8. The molecule has 0 aromatic rings. The zero-order chi connectivity index (χ0) is 15.5. The fraction of sp³-hybridized carbons (Fsp3) is 0.737. The number of hydrogen-bond donors (Lipinski definition) is 0. The Balaban J connectivity index is 4.00. The van der Waals surface area contributed by atoms with Crippen LogP contribution in [0.3, 0.4) is 0 Å². The zero-order valence-electron chi connectivity index (χ0n) is 14.8. The minimum Gasteiger partial charge on any atom is -0.292 e. The van der Waals surface area contributed by atoms with E-state index in [1.807, 2.05) is 0 Å². The number of aliphatic imine (C=N–C) groups is 1. The molecule has 0 amide bonds. The standard InChI is InChI=1S/C19H35N/c1-15(2)11-12-17(5)9-8-10-18(6)13-14-19(7)20-16(3)4/h10,12,15-16H,8-9,11,13-14H2,1-7H3/b17-12+,18-10+,20-19+. The lowest BCUT2D eigenvalue weighted by molar-refractivity contribution is 0.659. The van der Waals surface area contributed by atoms with Gasteiger partial charge in [0.15, 0.2) is 0 Å². The molecule has 0 bridgehead atoms. The van der Waals surface area contributed by atoms with E-state index < -0.39 is 0 Å². The van der Waals surface area contributed by atoms with Crippen molar-refractivity contribution in [2.45, 2.75) is 86.6 Å². The summed E-state index contributed by atoms with van der Waals surface area (Å²) in [4.78, 5) is 4.58. The van der Waals surface area contributed by atoms with Crippen LogP contribution in [0.2, 0.25) is 0 Å². The van der Waals surface area contributed by atoms with Crippen molar-refractivity contribution >= 4 is 5.71 Å². The Morgan fingerprint density at radius 1 is 0.850 bits per heavy atom. The predicted molar refractivity (Wildman–Crippen MR) is 93.7 cm³/mol. The molecule has 0 aromatic carbocycles. The molecule has 116 valence electrons. The van der Waals surface area contributed by atoms with Gasteiger partial charge in [-0.05, 0) is 72.6 Å². The van der Waals surface area contributed by atoms with Crippen molar-refractivity contribution in [3.8, 4) is 0 Å². The summed E-state index contributed by atoms with van der Waals surface area (Å²) >= 11 is 0. The number of nitrogens with zero attached hydrogens (tertiary/aromatic N) is 1. The van der Waals surface area contributed by atoms with E-state index in [4.69, 9.17) is 0 Å². The third-order valence-corrected chi connectivity index (χ3v) is 3.33. The summed E-state index contributed by atoms with van der Waals surface area (Å²) in [5.41, 5.74) is 4.31. The van der Waals surface area contributed by atoms with Gasteiger partial charge in [-0.2, -0.15) is 0 Å². The van der Waals surface area contributed by atoms with Crippen LogP contribution < -0.4 is 0 Å². The minimum atomic E-state index is 0.424. The van der Waals surface area contributed by atoms with Gasteiger partial charge >= 0.3 is 0 Å². The van der Waals surface area contributed by atoms with Crippen molar-refractivity contribution in [2.75, 3.05) is 0 Å². The van der Waals surface area contributed by atoms with Crippen LogP contribution in [0.25, 0.3) is 0 Å². The first-order valence-corrected chi connectivity index (χ1v) is 8.15. The molecule has 0 radical (unpaired) electrons. The van der Waals surface area contributed by atoms with E-state index in [1.165, 1.54) is 36.1 Å². The molecule has 0 rings (SSSR count). The number of hydrogen-bond acceptors (Lipinski definition) is 1. The molecule has 0 saturated carbocycles. The maximum absolute atomic E-state index is 4.58. The van der Waals surface area contributed by atoms with Crippen LogP contribution >= 0.6 is 0 Å². The number of allylic oxidation sites excluding steroid dienone is 4. The van der Waals surface area contributed by atoms with Crippen LogP contribution in [0.5, 0.6) is 0 Å². The maximum atomic E-state index is 4.58. The molecule has 0 heterocycles. The van der Waals surface area contributed by atoms with E-state index in [0.29, 0.717) is 6.04 Å². The first-order chi connectivity index (χ1) is 9.31. The highest BCUT2D eigenvalue weighted by Crippen LogP contribution is 2.13. The van der Waals surface area contributed by atoms with E-state index in [-0.39, 0.29) is 0 Å². The van der Waals surface area contributed by atoms with E-state index in [0.717, 1.165) is 18.8 Å². The lowest BCUT2D eigenvalue weighted by atomic mass is 10.0. The summed E-state index contributed by atoms with van der Waals surface area (Å²) in [5.74, 6) is 0.769. The topological polar surface area (TPSA) is 12.4 Å². The molecule has 1 heteroatoms. The largest absolute Gasteiger partial charge is 0.292 e. The second-order valence-corrected chi connectivity index (χ2v) is 6.73. The molecule has 0 aliphatic rings. The summed E-state index contributed by atoms with van der Waals surface area (Å²) in [6.07, 6.45) is 10.6. The Labute approximate surface area is 127 Å². The lowest BCUT2D eigenvalue weighted by Gasteiger charge is -2.05. The van der Waals surface area contributed by atoms with Crippen molar-refractivity contribution < 1.29 is 0 Å². The van der Waals surface area contributed by atoms with Crippen LogP contribution in [0.4, 0.5) is 0 Å². The van der Waals surface area contributed by atoms with Crippen LogP contribution in [0, 0.1) is 5.92 Å². The normalized spacial score (nSPS) is 14.6. The van der Waals surface area contributed by atoms with Gasteiger partial charge in [0.25, 0.3) is 0 Å². The van der Waals surface area contributed by atoms with Gasteiger partial charge in [0.05, 0.1) is 0 Å². The lowest BCUT2D eigenvalue weighted by Crippen LogP contribution is -1.98. The van der Waals surface area contributed by atoms with Gasteiger partial charge in [0.1, 0.15) is 0 Å². The molecular formula is C19H35N. The first-order valence-electron chi connectivity index (χ1n) is 8.15. The first kappa shape index (κ1) is 19.1. The van der Waals surface area contributed by atoms with E-state index in [1.54, 1.807) is 0 Å². The SMILES string of the molecule is C/C(=C\CC(C)C)CC/C=C(\C)CC/C(C)=N/C(C)C. The third-order valence-electron chi connectivity index (χ3n) is 3.33. The Morgan fingerprint density at radius 3 is 2.00 bits per heavy atom. The van der Waals surface area contributed by atoms with Gasteiger partial charge in [-0.25, -0.2) is 0 Å². The molecule has 20 heavy (non-hydrogen) atoms. The van der Waals surface area contributed by atoms with Gasteiger partial charge < -0.3 is 0 Å². The molecule has 0 aliphatic heterocycles. The Kier molecular flexibility index (Phi) is 10.4. The molecule has 0 fully saturated rings. The van der Waals surface area contributed by atoms with Crippen molar-refractivity contribution in [1.82, 2.24) is 0 Å². The van der Waals surface area contributed by atoms with Gasteiger partial charge in [0.2, 0.25) is 0 Å². The number of rotatable bonds is 9. The Morgan fingerprint density at radius 2 is 1.45 bits per heavy atom. The highest BCUT2D eigenvalue weighted by Gasteiger charge is 1.97. The molecule has 0 N–H and O–H groups in total. The van der Waals surface area contributed by atoms with Crippen molar-refractivity contribution in [2.24, 2.45) is 10.9 Å². The van der Waals surface area contributed by atoms with Gasteiger partial charge in [-0.1, -0.05) is 37.1 Å². The summed E-state index contributed by atoms with van der Waals surface area (Å²) in [6.45, 7) is 15.5. The summed E-state index contributed by atoms with van der Waals surface area (Å²) < 4.78 is 0. The van der Waals surface area contributed by atoms with Crippen LogP contribution in [0.15, 0.2) is 28.3 Å². The molecule has 1 nitrogen and oxygen atoms in total. The van der Waals surface area contributed by atoms with Crippen LogP contribution in [-0.4, -0.2) is 11.8 Å². The molecular weight excluding hydrogens is 242 g/mol. The zero-order valence-corrected chi connectivity index (χ0v) is 14.8. The third kappa shape index (κ3) is 12.2. The van der Waals surface area contributed by atoms with Crippen molar-refractivity contribution in [1.29, 1.82) is 0 Å². The Hall–Kier alpha value is -0.850. The van der Waals surface area contributed by atoms with E-state index >= 15 is 0 Å². The van der Waals surface area contributed by atoms with E-state index in [2.05, 4.69) is 65.6 Å². The molecule has 0 unspecified atom stereocenters. The fourth-order valence-corrected chi connectivity index (χ4v) is 2.07. The average molecular weight is 277 g/mol. The highest BCUT2D eigenvalue weighted by molar-refractivity contribution is 5.82. The van der Waals surface area contributed by atoms with Gasteiger partial charge in [0, 0.05) is 11.8 Å². The predicted octanol–water partition coefficient (Wildman–Crippen LogP) is 6.35. The molecule has 0 atom stereocenters. The van der Waals surface area contributed by atoms with Gasteiger partial charge in [-0.3, -0.25) is 4.99 Å².